The number of carbonyl (C=O) groups excluding carboxylic acids is 1. The number of hydrogen-bond acceptors (Lipinski definition) is 1. The SMILES string of the molecule is O=C1C[C@H]2C=CCc3cccc(c32)CN1Cc1cccc(F)c1. The van der Waals surface area contributed by atoms with Crippen molar-refractivity contribution in [3.63, 3.8) is 0 Å². The molecule has 0 fully saturated rings. The fraction of sp³-hybridized carbons (Fsp3) is 0.250. The van der Waals surface area contributed by atoms with E-state index < -0.39 is 0 Å². The van der Waals surface area contributed by atoms with Gasteiger partial charge in [0.25, 0.3) is 0 Å². The molecule has 0 saturated carbocycles. The highest BCUT2D eigenvalue weighted by Gasteiger charge is 2.29. The highest BCUT2D eigenvalue weighted by Crippen LogP contribution is 2.36. The summed E-state index contributed by atoms with van der Waals surface area (Å²) in [5.41, 5.74) is 4.71. The zero-order valence-corrected chi connectivity index (χ0v) is 12.8. The predicted molar refractivity (Wildman–Crippen MR) is 87.3 cm³/mol. The molecular weight excluding hydrogens is 289 g/mol. The normalized spacial score (nSPS) is 19.4. The van der Waals surface area contributed by atoms with Gasteiger partial charge in [-0.05, 0) is 40.8 Å². The molecule has 23 heavy (non-hydrogen) atoms. The molecule has 1 heterocycles. The molecule has 1 amide bonds. The van der Waals surface area contributed by atoms with Crippen molar-refractivity contribution in [2.24, 2.45) is 0 Å². The molecule has 1 aliphatic carbocycles. The first-order valence-corrected chi connectivity index (χ1v) is 8.00. The minimum atomic E-state index is -0.258. The summed E-state index contributed by atoms with van der Waals surface area (Å²) in [4.78, 5) is 14.5. The summed E-state index contributed by atoms with van der Waals surface area (Å²) in [6.07, 6.45) is 5.76. The quantitative estimate of drug-likeness (QED) is 0.769. The maximum atomic E-state index is 13.4. The minimum Gasteiger partial charge on any atom is -0.334 e. The van der Waals surface area contributed by atoms with E-state index in [1.807, 2.05) is 11.0 Å². The molecule has 0 radical (unpaired) electrons. The summed E-state index contributed by atoms with van der Waals surface area (Å²) in [5, 5.41) is 0. The molecule has 0 saturated heterocycles. The van der Waals surface area contributed by atoms with Crippen LogP contribution in [0.3, 0.4) is 0 Å². The lowest BCUT2D eigenvalue weighted by Gasteiger charge is -2.21. The number of amides is 1. The van der Waals surface area contributed by atoms with E-state index in [1.165, 1.54) is 28.8 Å². The van der Waals surface area contributed by atoms with Crippen LogP contribution in [0.1, 0.15) is 34.6 Å². The van der Waals surface area contributed by atoms with Gasteiger partial charge in [-0.15, -0.1) is 0 Å². The fourth-order valence-corrected chi connectivity index (χ4v) is 3.69. The number of benzene rings is 2. The second-order valence-corrected chi connectivity index (χ2v) is 6.31. The monoisotopic (exact) mass is 307 g/mol. The number of nitrogens with zero attached hydrogens (tertiary/aromatic N) is 1. The average molecular weight is 307 g/mol. The largest absolute Gasteiger partial charge is 0.334 e. The lowest BCUT2D eigenvalue weighted by molar-refractivity contribution is -0.132. The summed E-state index contributed by atoms with van der Waals surface area (Å²) in [7, 11) is 0. The molecule has 0 unspecified atom stereocenters. The molecule has 3 heteroatoms. The van der Waals surface area contributed by atoms with E-state index in [4.69, 9.17) is 0 Å². The molecule has 0 N–H and O–H groups in total. The van der Waals surface area contributed by atoms with Crippen LogP contribution in [0.5, 0.6) is 0 Å². The number of rotatable bonds is 2. The molecule has 2 aromatic carbocycles. The van der Waals surface area contributed by atoms with Crippen LogP contribution in [-0.2, 0) is 24.3 Å². The summed E-state index contributed by atoms with van der Waals surface area (Å²) >= 11 is 0. The van der Waals surface area contributed by atoms with Crippen molar-refractivity contribution in [2.75, 3.05) is 0 Å². The van der Waals surface area contributed by atoms with Gasteiger partial charge >= 0.3 is 0 Å². The van der Waals surface area contributed by atoms with Crippen LogP contribution in [0.2, 0.25) is 0 Å². The standard InChI is InChI=1S/C20H18FNO/c21-18-9-1-4-14(10-18)12-22-13-17-8-3-6-15-5-2-7-16(20(15)17)11-19(22)23/h1-4,6-10,16H,5,11-13H2/t16-/m1/s1. The molecule has 1 aliphatic heterocycles. The lowest BCUT2D eigenvalue weighted by Crippen LogP contribution is -2.28. The Kier molecular flexibility index (Phi) is 3.49. The maximum absolute atomic E-state index is 13.4. The fourth-order valence-electron chi connectivity index (χ4n) is 3.69. The predicted octanol–water partition coefficient (Wildman–Crippen LogP) is 3.95. The first-order chi connectivity index (χ1) is 11.2. The smallest absolute Gasteiger partial charge is 0.224 e. The molecule has 0 bridgehead atoms. The van der Waals surface area contributed by atoms with Gasteiger partial charge in [-0.1, -0.05) is 42.5 Å². The van der Waals surface area contributed by atoms with Crippen molar-refractivity contribution in [1.82, 2.24) is 4.90 Å². The molecular formula is C20H18FNO. The number of allylic oxidation sites excluding steroid dienone is 2. The van der Waals surface area contributed by atoms with Crippen LogP contribution in [0, 0.1) is 5.82 Å². The van der Waals surface area contributed by atoms with Gasteiger partial charge in [-0.25, -0.2) is 4.39 Å². The van der Waals surface area contributed by atoms with Crippen LogP contribution in [0.4, 0.5) is 4.39 Å². The highest BCUT2D eigenvalue weighted by molar-refractivity contribution is 5.79. The zero-order chi connectivity index (χ0) is 15.8. The topological polar surface area (TPSA) is 20.3 Å². The molecule has 1 atom stereocenters. The summed E-state index contributed by atoms with van der Waals surface area (Å²) in [5.74, 6) is 0.0547. The third kappa shape index (κ3) is 2.67. The van der Waals surface area contributed by atoms with Crippen LogP contribution >= 0.6 is 0 Å². The van der Waals surface area contributed by atoms with E-state index in [1.54, 1.807) is 6.07 Å². The first-order valence-electron chi connectivity index (χ1n) is 8.00. The van der Waals surface area contributed by atoms with E-state index in [9.17, 15) is 9.18 Å². The summed E-state index contributed by atoms with van der Waals surface area (Å²) < 4.78 is 13.4. The van der Waals surface area contributed by atoms with Crippen molar-refractivity contribution in [1.29, 1.82) is 0 Å². The number of hydrogen-bond donors (Lipinski definition) is 0. The van der Waals surface area contributed by atoms with Crippen molar-refractivity contribution in [2.45, 2.75) is 31.8 Å². The van der Waals surface area contributed by atoms with E-state index >= 15 is 0 Å². The Morgan fingerprint density at radius 1 is 1.13 bits per heavy atom. The van der Waals surface area contributed by atoms with Gasteiger partial charge in [0.05, 0.1) is 0 Å². The minimum absolute atomic E-state index is 0.132. The molecule has 2 aromatic rings. The van der Waals surface area contributed by atoms with Crippen molar-refractivity contribution >= 4 is 5.91 Å². The van der Waals surface area contributed by atoms with Gasteiger partial charge < -0.3 is 4.90 Å². The molecule has 0 aromatic heterocycles. The van der Waals surface area contributed by atoms with Gasteiger partial charge in [0.15, 0.2) is 0 Å². The molecule has 0 spiro atoms. The van der Waals surface area contributed by atoms with Crippen LogP contribution in [-0.4, -0.2) is 10.8 Å². The van der Waals surface area contributed by atoms with Gasteiger partial charge in [0.1, 0.15) is 5.82 Å². The summed E-state index contributed by atoms with van der Waals surface area (Å²) in [6, 6.07) is 12.8. The Morgan fingerprint density at radius 3 is 2.83 bits per heavy atom. The molecule has 4 rings (SSSR count). The van der Waals surface area contributed by atoms with Crippen molar-refractivity contribution in [3.05, 3.63) is 82.7 Å². The number of halogens is 1. The Balaban J connectivity index is 1.68. The van der Waals surface area contributed by atoms with Crippen molar-refractivity contribution in [3.8, 4) is 0 Å². The molecule has 116 valence electrons. The van der Waals surface area contributed by atoms with E-state index in [-0.39, 0.29) is 17.6 Å². The van der Waals surface area contributed by atoms with E-state index in [2.05, 4.69) is 30.4 Å². The van der Waals surface area contributed by atoms with E-state index in [0.717, 1.165) is 12.0 Å². The second-order valence-electron chi connectivity index (χ2n) is 6.31. The molecule has 2 nitrogen and oxygen atoms in total. The number of carbonyl (C=O) groups is 1. The van der Waals surface area contributed by atoms with Crippen LogP contribution in [0.15, 0.2) is 54.6 Å². The maximum Gasteiger partial charge on any atom is 0.224 e. The van der Waals surface area contributed by atoms with Gasteiger partial charge in [0.2, 0.25) is 5.91 Å². The Labute approximate surface area is 135 Å². The van der Waals surface area contributed by atoms with Crippen molar-refractivity contribution < 1.29 is 9.18 Å². The van der Waals surface area contributed by atoms with Crippen LogP contribution < -0.4 is 0 Å². The molecule has 2 aliphatic rings. The average Bonchev–Trinajstić information content (AvgIpc) is 2.67. The third-order valence-corrected chi connectivity index (χ3v) is 4.73. The van der Waals surface area contributed by atoms with Gasteiger partial charge in [-0.3, -0.25) is 4.79 Å². The van der Waals surface area contributed by atoms with Gasteiger partial charge in [0, 0.05) is 25.4 Å². The Morgan fingerprint density at radius 2 is 1.96 bits per heavy atom. The van der Waals surface area contributed by atoms with Gasteiger partial charge in [-0.2, -0.15) is 0 Å². The van der Waals surface area contributed by atoms with E-state index in [0.29, 0.717) is 19.5 Å². The Hall–Kier alpha value is -2.42. The lowest BCUT2D eigenvalue weighted by atomic mass is 9.83. The summed E-state index contributed by atoms with van der Waals surface area (Å²) in [6.45, 7) is 1.06. The zero-order valence-electron chi connectivity index (χ0n) is 12.8. The highest BCUT2D eigenvalue weighted by atomic mass is 19.1. The third-order valence-electron chi connectivity index (χ3n) is 4.73. The Bertz CT molecular complexity index is 796. The van der Waals surface area contributed by atoms with Crippen LogP contribution in [0.25, 0.3) is 0 Å². The second kappa shape index (κ2) is 5.65. The first kappa shape index (κ1) is 14.2.